The van der Waals surface area contributed by atoms with Crippen LogP contribution in [-0.2, 0) is 7.05 Å². The molecule has 3 unspecified atom stereocenters. The van der Waals surface area contributed by atoms with E-state index < -0.39 is 12.2 Å². The highest BCUT2D eigenvalue weighted by molar-refractivity contribution is 8.03. The Balaban J connectivity index is 1.70. The van der Waals surface area contributed by atoms with Gasteiger partial charge in [0, 0.05) is 37.9 Å². The molecule has 1 aromatic carbocycles. The van der Waals surface area contributed by atoms with Crippen molar-refractivity contribution in [3.63, 3.8) is 0 Å². The summed E-state index contributed by atoms with van der Waals surface area (Å²) in [5.41, 5.74) is 13.4. The molecule has 1 aromatic heterocycles. The van der Waals surface area contributed by atoms with Crippen LogP contribution in [0.15, 0.2) is 41.7 Å². The molecule has 0 radical (unpaired) electrons. The first-order valence-electron chi connectivity index (χ1n) is 9.29. The summed E-state index contributed by atoms with van der Waals surface area (Å²) in [6.07, 6.45) is 3.48. The second-order valence-corrected chi connectivity index (χ2v) is 8.31. The van der Waals surface area contributed by atoms with Gasteiger partial charge in [-0.3, -0.25) is 4.68 Å². The predicted octanol–water partition coefficient (Wildman–Crippen LogP) is 2.83. The first-order chi connectivity index (χ1) is 13.5. The summed E-state index contributed by atoms with van der Waals surface area (Å²) in [7, 11) is 1.85. The Morgan fingerprint density at radius 2 is 1.96 bits per heavy atom. The largest absolute Gasteiger partial charge is 0.392 e. The molecule has 9 heteroatoms. The molecule has 1 fully saturated rings. The van der Waals surface area contributed by atoms with Crippen LogP contribution in [0.1, 0.15) is 23.8 Å². The van der Waals surface area contributed by atoms with E-state index in [1.165, 1.54) is 17.8 Å². The molecule has 2 aromatic rings. The molecule has 3 atom stereocenters. The van der Waals surface area contributed by atoms with E-state index in [0.29, 0.717) is 36.5 Å². The van der Waals surface area contributed by atoms with E-state index in [9.17, 15) is 8.78 Å². The lowest BCUT2D eigenvalue weighted by Crippen LogP contribution is -2.31. The Hall–Kier alpha value is -2.26. The molecule has 3 heterocycles. The number of rotatable bonds is 3. The summed E-state index contributed by atoms with van der Waals surface area (Å²) in [5.74, 6) is 0.578. The van der Waals surface area contributed by atoms with Gasteiger partial charge < -0.3 is 21.3 Å². The van der Waals surface area contributed by atoms with Crippen molar-refractivity contribution in [3.05, 3.63) is 53.1 Å². The Bertz CT molecular complexity index is 873. The Labute approximate surface area is 167 Å². The number of hydrogen-bond donors (Lipinski definition) is 2. The Morgan fingerprint density at radius 1 is 1.21 bits per heavy atom. The SMILES string of the molecule is Cn1ncc(N2C=C(N)SC2c2ccccc2F)c1N1CCC(N)C(F)CC1. The van der Waals surface area contributed by atoms with Gasteiger partial charge in [-0.1, -0.05) is 30.0 Å². The fourth-order valence-electron chi connectivity index (χ4n) is 3.78. The second-order valence-electron chi connectivity index (χ2n) is 7.15. The summed E-state index contributed by atoms with van der Waals surface area (Å²) in [4.78, 5) is 4.05. The minimum absolute atomic E-state index is 0.278. The third-order valence-corrected chi connectivity index (χ3v) is 6.36. The van der Waals surface area contributed by atoms with Crippen LogP contribution < -0.4 is 21.3 Å². The molecule has 1 saturated heterocycles. The van der Waals surface area contributed by atoms with E-state index in [1.54, 1.807) is 23.0 Å². The van der Waals surface area contributed by atoms with E-state index >= 15 is 0 Å². The van der Waals surface area contributed by atoms with Crippen molar-refractivity contribution in [3.8, 4) is 0 Å². The predicted molar refractivity (Wildman–Crippen MR) is 109 cm³/mol. The number of thioether (sulfide) groups is 1. The van der Waals surface area contributed by atoms with E-state index in [0.717, 1.165) is 11.5 Å². The Kier molecular flexibility index (Phi) is 5.20. The third-order valence-electron chi connectivity index (χ3n) is 5.28. The monoisotopic (exact) mass is 406 g/mol. The van der Waals surface area contributed by atoms with Crippen LogP contribution in [0.2, 0.25) is 0 Å². The van der Waals surface area contributed by atoms with Gasteiger partial charge in [0.25, 0.3) is 0 Å². The van der Waals surface area contributed by atoms with Crippen LogP contribution >= 0.6 is 11.8 Å². The molecule has 0 aliphatic carbocycles. The molecule has 4 N–H and O–H groups in total. The number of aromatic nitrogens is 2. The zero-order valence-electron chi connectivity index (χ0n) is 15.6. The van der Waals surface area contributed by atoms with Crippen LogP contribution in [0.5, 0.6) is 0 Å². The van der Waals surface area contributed by atoms with Crippen LogP contribution in [0, 0.1) is 5.82 Å². The Morgan fingerprint density at radius 3 is 2.75 bits per heavy atom. The molecule has 0 amide bonds. The van der Waals surface area contributed by atoms with Gasteiger partial charge in [0.15, 0.2) is 5.82 Å². The van der Waals surface area contributed by atoms with Crippen molar-refractivity contribution in [2.24, 2.45) is 18.5 Å². The van der Waals surface area contributed by atoms with Crippen molar-refractivity contribution in [1.29, 1.82) is 0 Å². The fraction of sp³-hybridized carbons (Fsp3) is 0.421. The van der Waals surface area contributed by atoms with Gasteiger partial charge in [-0.2, -0.15) is 5.10 Å². The van der Waals surface area contributed by atoms with Gasteiger partial charge in [-0.25, -0.2) is 8.78 Å². The summed E-state index contributed by atoms with van der Waals surface area (Å²) in [5, 5.41) is 4.69. The van der Waals surface area contributed by atoms with Crippen molar-refractivity contribution in [2.75, 3.05) is 22.9 Å². The maximum Gasteiger partial charge on any atom is 0.150 e. The molecule has 0 saturated carbocycles. The van der Waals surface area contributed by atoms with Gasteiger partial charge in [0.2, 0.25) is 0 Å². The van der Waals surface area contributed by atoms with Crippen molar-refractivity contribution >= 4 is 23.3 Å². The standard InChI is InChI=1S/C19H24F2N6S/c1-25-18(26-8-6-14(21)15(22)7-9-26)16(10-24-25)27-11-17(23)28-19(27)12-4-2-3-5-13(12)20/h2-5,10-11,14-15,19H,6-9,22-23H2,1H3. The third kappa shape index (κ3) is 3.44. The van der Waals surface area contributed by atoms with Crippen molar-refractivity contribution < 1.29 is 8.78 Å². The van der Waals surface area contributed by atoms with Crippen LogP contribution in [0.25, 0.3) is 0 Å². The van der Waals surface area contributed by atoms with Crippen LogP contribution in [0.4, 0.5) is 20.3 Å². The molecule has 150 valence electrons. The molecule has 4 rings (SSSR count). The van der Waals surface area contributed by atoms with Gasteiger partial charge in [0.05, 0.1) is 11.2 Å². The number of anilines is 2. The summed E-state index contributed by atoms with van der Waals surface area (Å²) in [6.45, 7) is 1.19. The van der Waals surface area contributed by atoms with E-state index in [2.05, 4.69) is 10.00 Å². The highest BCUT2D eigenvalue weighted by Crippen LogP contribution is 2.47. The van der Waals surface area contributed by atoms with E-state index in [1.807, 2.05) is 24.2 Å². The van der Waals surface area contributed by atoms with E-state index in [4.69, 9.17) is 11.5 Å². The molecular weight excluding hydrogens is 382 g/mol. The van der Waals surface area contributed by atoms with Gasteiger partial charge >= 0.3 is 0 Å². The number of nitrogens with zero attached hydrogens (tertiary/aromatic N) is 4. The van der Waals surface area contributed by atoms with Gasteiger partial charge in [0.1, 0.15) is 23.1 Å². The zero-order valence-corrected chi connectivity index (χ0v) is 16.4. The van der Waals surface area contributed by atoms with Gasteiger partial charge in [-0.15, -0.1) is 0 Å². The second kappa shape index (κ2) is 7.63. The lowest BCUT2D eigenvalue weighted by Gasteiger charge is -2.29. The average molecular weight is 407 g/mol. The first kappa shape index (κ1) is 19.1. The molecule has 6 nitrogen and oxygen atoms in total. The number of aryl methyl sites for hydroxylation is 1. The summed E-state index contributed by atoms with van der Waals surface area (Å²) in [6, 6.07) is 6.24. The highest BCUT2D eigenvalue weighted by Gasteiger charge is 2.34. The average Bonchev–Trinajstić information content (AvgIpc) is 3.19. The molecular formula is C19H24F2N6S. The minimum Gasteiger partial charge on any atom is -0.392 e. The smallest absolute Gasteiger partial charge is 0.150 e. The molecule has 0 spiro atoms. The maximum atomic E-state index is 14.5. The van der Waals surface area contributed by atoms with Crippen LogP contribution in [0.3, 0.4) is 0 Å². The summed E-state index contributed by atoms with van der Waals surface area (Å²) >= 11 is 1.39. The van der Waals surface area contributed by atoms with Gasteiger partial charge in [-0.05, 0) is 18.9 Å². The topological polar surface area (TPSA) is 76.3 Å². The minimum atomic E-state index is -1.01. The normalized spacial score (nSPS) is 25.7. The number of halogens is 2. The number of alkyl halides is 1. The molecule has 0 bridgehead atoms. The first-order valence-corrected chi connectivity index (χ1v) is 10.2. The summed E-state index contributed by atoms with van der Waals surface area (Å²) < 4.78 is 30.3. The van der Waals surface area contributed by atoms with Crippen molar-refractivity contribution in [1.82, 2.24) is 9.78 Å². The molecule has 2 aliphatic rings. The maximum absolute atomic E-state index is 14.5. The zero-order chi connectivity index (χ0) is 19.8. The highest BCUT2D eigenvalue weighted by atomic mass is 32.2. The molecule has 2 aliphatic heterocycles. The number of benzene rings is 1. The lowest BCUT2D eigenvalue weighted by molar-refractivity contribution is 0.274. The quantitative estimate of drug-likeness (QED) is 0.816. The fourth-order valence-corrected chi connectivity index (χ4v) is 4.81. The van der Waals surface area contributed by atoms with E-state index in [-0.39, 0.29) is 11.2 Å². The van der Waals surface area contributed by atoms with Crippen LogP contribution in [-0.4, -0.2) is 35.1 Å². The van der Waals surface area contributed by atoms with Crippen molar-refractivity contribution in [2.45, 2.75) is 30.4 Å². The molecule has 28 heavy (non-hydrogen) atoms. The number of hydrogen-bond acceptors (Lipinski definition) is 6. The lowest BCUT2D eigenvalue weighted by atomic mass is 10.1. The number of nitrogens with two attached hydrogens (primary N) is 2.